The Morgan fingerprint density at radius 2 is 2.08 bits per heavy atom. The van der Waals surface area contributed by atoms with Gasteiger partial charge in [0.05, 0.1) is 12.8 Å². The summed E-state index contributed by atoms with van der Waals surface area (Å²) in [5.74, 6) is 0.128. The Morgan fingerprint density at radius 1 is 1.32 bits per heavy atom. The fourth-order valence-corrected chi connectivity index (χ4v) is 2.62. The van der Waals surface area contributed by atoms with Gasteiger partial charge in [-0.05, 0) is 54.4 Å². The van der Waals surface area contributed by atoms with Crippen LogP contribution in [-0.4, -0.2) is 24.3 Å². The summed E-state index contributed by atoms with van der Waals surface area (Å²) in [4.78, 5) is 17.9. The van der Waals surface area contributed by atoms with Crippen molar-refractivity contribution in [2.75, 3.05) is 7.11 Å². The minimum absolute atomic E-state index is 0.230. The zero-order valence-electron chi connectivity index (χ0n) is 14.1. The van der Waals surface area contributed by atoms with E-state index in [4.69, 9.17) is 9.57 Å². The van der Waals surface area contributed by atoms with Gasteiger partial charge in [0, 0.05) is 13.0 Å². The van der Waals surface area contributed by atoms with Crippen molar-refractivity contribution >= 4 is 11.6 Å². The SMILES string of the molecule is COc1ccc(C2=NO[C@](C)(C(=O)NCc3cccc(F)c3)C2)cc1. The van der Waals surface area contributed by atoms with Crippen molar-refractivity contribution < 1.29 is 18.8 Å². The Bertz CT molecular complexity index is 805. The van der Waals surface area contributed by atoms with E-state index in [0.717, 1.165) is 11.3 Å². The number of nitrogens with zero attached hydrogens (tertiary/aromatic N) is 1. The van der Waals surface area contributed by atoms with E-state index in [1.54, 1.807) is 26.2 Å². The normalized spacial score (nSPS) is 19.1. The number of amides is 1. The molecule has 0 spiro atoms. The van der Waals surface area contributed by atoms with Crippen molar-refractivity contribution in [3.8, 4) is 5.75 Å². The minimum Gasteiger partial charge on any atom is -0.497 e. The number of hydrogen-bond donors (Lipinski definition) is 1. The minimum atomic E-state index is -1.08. The lowest BCUT2D eigenvalue weighted by Crippen LogP contribution is -2.44. The van der Waals surface area contributed by atoms with Crippen molar-refractivity contribution in [1.29, 1.82) is 0 Å². The first-order chi connectivity index (χ1) is 12.0. The van der Waals surface area contributed by atoms with Gasteiger partial charge in [-0.2, -0.15) is 0 Å². The number of rotatable bonds is 5. The summed E-state index contributed by atoms with van der Waals surface area (Å²) in [6.45, 7) is 1.92. The summed E-state index contributed by atoms with van der Waals surface area (Å²) in [5.41, 5.74) is 1.18. The topological polar surface area (TPSA) is 59.9 Å². The lowest BCUT2D eigenvalue weighted by Gasteiger charge is -2.20. The maximum absolute atomic E-state index is 13.2. The number of halogens is 1. The highest BCUT2D eigenvalue weighted by Crippen LogP contribution is 2.27. The molecule has 0 aromatic heterocycles. The molecule has 0 radical (unpaired) electrons. The molecule has 2 aromatic rings. The highest BCUT2D eigenvalue weighted by Gasteiger charge is 2.42. The summed E-state index contributed by atoms with van der Waals surface area (Å²) < 4.78 is 18.3. The summed E-state index contributed by atoms with van der Waals surface area (Å²) in [6, 6.07) is 13.5. The van der Waals surface area contributed by atoms with E-state index in [-0.39, 0.29) is 18.3 Å². The fraction of sp³-hybridized carbons (Fsp3) is 0.263. The Balaban J connectivity index is 1.62. The molecule has 0 aliphatic carbocycles. The molecular formula is C19H19FN2O3. The van der Waals surface area contributed by atoms with E-state index in [2.05, 4.69) is 10.5 Å². The molecule has 1 N–H and O–H groups in total. The average molecular weight is 342 g/mol. The van der Waals surface area contributed by atoms with Crippen molar-refractivity contribution in [1.82, 2.24) is 5.32 Å². The fourth-order valence-electron chi connectivity index (χ4n) is 2.62. The van der Waals surface area contributed by atoms with Crippen LogP contribution >= 0.6 is 0 Å². The van der Waals surface area contributed by atoms with Crippen LogP contribution in [-0.2, 0) is 16.2 Å². The smallest absolute Gasteiger partial charge is 0.267 e. The zero-order valence-corrected chi connectivity index (χ0v) is 14.1. The first-order valence-corrected chi connectivity index (χ1v) is 7.92. The number of benzene rings is 2. The lowest BCUT2D eigenvalue weighted by molar-refractivity contribution is -0.141. The van der Waals surface area contributed by atoms with Crippen LogP contribution in [0.4, 0.5) is 4.39 Å². The molecular weight excluding hydrogens is 323 g/mol. The van der Waals surface area contributed by atoms with Crippen LogP contribution in [0.15, 0.2) is 53.7 Å². The molecule has 3 rings (SSSR count). The summed E-state index contributed by atoms with van der Waals surface area (Å²) in [7, 11) is 1.60. The van der Waals surface area contributed by atoms with Crippen LogP contribution in [0.1, 0.15) is 24.5 Å². The molecule has 25 heavy (non-hydrogen) atoms. The molecule has 0 saturated carbocycles. The molecule has 0 saturated heterocycles. The summed E-state index contributed by atoms with van der Waals surface area (Å²) in [6.07, 6.45) is 0.355. The van der Waals surface area contributed by atoms with Crippen molar-refractivity contribution in [2.45, 2.75) is 25.5 Å². The Morgan fingerprint density at radius 3 is 2.76 bits per heavy atom. The second kappa shape index (κ2) is 6.93. The zero-order chi connectivity index (χ0) is 17.9. The predicted molar refractivity (Wildman–Crippen MR) is 91.9 cm³/mol. The first kappa shape index (κ1) is 17.0. The molecule has 0 unspecified atom stereocenters. The number of methoxy groups -OCH3 is 1. The van der Waals surface area contributed by atoms with Gasteiger partial charge in [0.1, 0.15) is 11.6 Å². The maximum atomic E-state index is 13.2. The van der Waals surface area contributed by atoms with E-state index in [1.165, 1.54) is 12.1 Å². The number of hydrogen-bond acceptors (Lipinski definition) is 4. The Labute approximate surface area is 145 Å². The molecule has 1 heterocycles. The van der Waals surface area contributed by atoms with Gasteiger partial charge in [-0.1, -0.05) is 17.3 Å². The standard InChI is InChI=1S/C19H19FN2O3/c1-19(18(23)21-12-13-4-3-5-15(20)10-13)11-17(22-25-19)14-6-8-16(24-2)9-7-14/h3-10H,11-12H2,1-2H3,(H,21,23)/t19-/m0/s1. The summed E-state index contributed by atoms with van der Waals surface area (Å²) >= 11 is 0. The second-order valence-corrected chi connectivity index (χ2v) is 6.08. The molecule has 0 fully saturated rings. The molecule has 5 nitrogen and oxygen atoms in total. The average Bonchev–Trinajstić information content (AvgIpc) is 3.03. The van der Waals surface area contributed by atoms with Gasteiger partial charge >= 0.3 is 0 Å². The third kappa shape index (κ3) is 3.79. The molecule has 1 aliphatic heterocycles. The number of nitrogens with one attached hydrogen (secondary N) is 1. The van der Waals surface area contributed by atoms with Crippen molar-refractivity contribution in [3.05, 3.63) is 65.5 Å². The monoisotopic (exact) mass is 342 g/mol. The van der Waals surface area contributed by atoms with Crippen molar-refractivity contribution in [3.63, 3.8) is 0 Å². The molecule has 6 heteroatoms. The van der Waals surface area contributed by atoms with Gasteiger partial charge in [0.15, 0.2) is 0 Å². The van der Waals surface area contributed by atoms with E-state index in [9.17, 15) is 9.18 Å². The van der Waals surface area contributed by atoms with E-state index in [1.807, 2.05) is 24.3 Å². The molecule has 1 atom stereocenters. The largest absolute Gasteiger partial charge is 0.497 e. The molecule has 0 bridgehead atoms. The van der Waals surface area contributed by atoms with Crippen molar-refractivity contribution in [2.24, 2.45) is 5.16 Å². The number of carbonyl (C=O) groups is 1. The molecule has 2 aromatic carbocycles. The van der Waals surface area contributed by atoms with Gasteiger partial charge in [0.25, 0.3) is 5.91 Å². The summed E-state index contributed by atoms with van der Waals surface area (Å²) in [5, 5.41) is 6.83. The molecule has 1 amide bonds. The van der Waals surface area contributed by atoms with Crippen LogP contribution in [0.3, 0.4) is 0 Å². The van der Waals surface area contributed by atoms with E-state index >= 15 is 0 Å². The van der Waals surface area contributed by atoms with Gasteiger partial charge < -0.3 is 14.9 Å². The highest BCUT2D eigenvalue weighted by molar-refractivity contribution is 6.05. The third-order valence-corrected chi connectivity index (χ3v) is 4.11. The van der Waals surface area contributed by atoms with Crippen LogP contribution in [0.2, 0.25) is 0 Å². The van der Waals surface area contributed by atoms with Crippen LogP contribution in [0, 0.1) is 5.82 Å². The maximum Gasteiger partial charge on any atom is 0.267 e. The van der Waals surface area contributed by atoms with Gasteiger partial charge in [0.2, 0.25) is 5.60 Å². The van der Waals surface area contributed by atoms with E-state index in [0.29, 0.717) is 17.7 Å². The van der Waals surface area contributed by atoms with E-state index < -0.39 is 5.60 Å². The lowest BCUT2D eigenvalue weighted by atomic mass is 9.95. The Kier molecular flexibility index (Phi) is 4.70. The second-order valence-electron chi connectivity index (χ2n) is 6.08. The first-order valence-electron chi connectivity index (χ1n) is 7.92. The Hall–Kier alpha value is -2.89. The quantitative estimate of drug-likeness (QED) is 0.909. The number of oxime groups is 1. The number of ether oxygens (including phenoxy) is 1. The van der Waals surface area contributed by atoms with Gasteiger partial charge in [-0.3, -0.25) is 4.79 Å². The van der Waals surface area contributed by atoms with Crippen LogP contribution in [0.5, 0.6) is 5.75 Å². The van der Waals surface area contributed by atoms with Crippen LogP contribution in [0.25, 0.3) is 0 Å². The molecule has 130 valence electrons. The number of carbonyl (C=O) groups excluding carboxylic acids is 1. The molecule has 1 aliphatic rings. The predicted octanol–water partition coefficient (Wildman–Crippen LogP) is 3.03. The third-order valence-electron chi connectivity index (χ3n) is 4.11. The van der Waals surface area contributed by atoms with Gasteiger partial charge in [-0.15, -0.1) is 0 Å². The van der Waals surface area contributed by atoms with Gasteiger partial charge in [-0.25, -0.2) is 4.39 Å². The highest BCUT2D eigenvalue weighted by atomic mass is 19.1. The van der Waals surface area contributed by atoms with Crippen LogP contribution < -0.4 is 10.1 Å².